The quantitative estimate of drug-likeness (QED) is 0.837. The van der Waals surface area contributed by atoms with Crippen LogP contribution in [0.3, 0.4) is 0 Å². The van der Waals surface area contributed by atoms with E-state index in [1.807, 2.05) is 11.8 Å². The second-order valence-corrected chi connectivity index (χ2v) is 6.03. The van der Waals surface area contributed by atoms with Crippen molar-refractivity contribution >= 4 is 11.8 Å². The van der Waals surface area contributed by atoms with Crippen LogP contribution in [-0.2, 0) is 13.1 Å². The van der Waals surface area contributed by atoms with Gasteiger partial charge in [-0.3, -0.25) is 0 Å². The van der Waals surface area contributed by atoms with Crippen LogP contribution in [0.5, 0.6) is 0 Å². The van der Waals surface area contributed by atoms with Crippen molar-refractivity contribution in [3.63, 3.8) is 0 Å². The lowest BCUT2D eigenvalue weighted by atomic mass is 10.2. The van der Waals surface area contributed by atoms with E-state index in [2.05, 4.69) is 41.5 Å². The summed E-state index contributed by atoms with van der Waals surface area (Å²) in [4.78, 5) is 0. The molecule has 1 heterocycles. The Balaban J connectivity index is 1.80. The molecule has 1 fully saturated rings. The molecule has 1 aliphatic rings. The van der Waals surface area contributed by atoms with Crippen LogP contribution >= 0.6 is 11.8 Å². The molecule has 0 aliphatic heterocycles. The fourth-order valence-corrected chi connectivity index (χ4v) is 3.65. The maximum absolute atomic E-state index is 3.72. The largest absolute Gasteiger partial charge is 0.354 e. The molecule has 1 N–H and O–H groups in total. The van der Waals surface area contributed by atoms with Crippen LogP contribution in [-0.4, -0.2) is 22.1 Å². The number of rotatable bonds is 6. The molecule has 1 saturated carbocycles. The molecule has 2 unspecified atom stereocenters. The number of hydrogen-bond donors (Lipinski definition) is 1. The van der Waals surface area contributed by atoms with Gasteiger partial charge in [0, 0.05) is 36.8 Å². The minimum atomic E-state index is 0.722. The molecule has 1 aliphatic carbocycles. The number of thioether (sulfide) groups is 1. The van der Waals surface area contributed by atoms with Gasteiger partial charge in [0.1, 0.15) is 0 Å². The van der Waals surface area contributed by atoms with E-state index < -0.39 is 0 Å². The Morgan fingerprint density at radius 2 is 2.35 bits per heavy atom. The third-order valence-corrected chi connectivity index (χ3v) is 4.79. The average molecular weight is 252 g/mol. The van der Waals surface area contributed by atoms with E-state index in [1.54, 1.807) is 0 Å². The Kier molecular flexibility index (Phi) is 4.99. The minimum Gasteiger partial charge on any atom is -0.354 e. The first-order valence-electron chi connectivity index (χ1n) is 6.74. The highest BCUT2D eigenvalue weighted by Crippen LogP contribution is 2.28. The normalized spacial score (nSPS) is 24.4. The summed E-state index contributed by atoms with van der Waals surface area (Å²) in [6.07, 6.45) is 12.0. The zero-order valence-corrected chi connectivity index (χ0v) is 11.8. The standard InChI is InChI=1S/C14H24N2S/c1-3-8-16-9-7-12(11-16)10-15-13-5-4-6-14(13)17-2/h7,9,11,13-15H,3-6,8,10H2,1-2H3. The summed E-state index contributed by atoms with van der Waals surface area (Å²) in [5.41, 5.74) is 1.42. The third-order valence-electron chi connectivity index (χ3n) is 3.62. The fraction of sp³-hybridized carbons (Fsp3) is 0.714. The molecule has 0 bridgehead atoms. The Morgan fingerprint density at radius 3 is 3.12 bits per heavy atom. The van der Waals surface area contributed by atoms with E-state index in [9.17, 15) is 0 Å². The van der Waals surface area contributed by atoms with Gasteiger partial charge in [-0.15, -0.1) is 0 Å². The molecule has 0 amide bonds. The number of nitrogens with one attached hydrogen (secondary N) is 1. The fourth-order valence-electron chi connectivity index (χ4n) is 2.68. The highest BCUT2D eigenvalue weighted by atomic mass is 32.2. The molecular weight excluding hydrogens is 228 g/mol. The van der Waals surface area contributed by atoms with Crippen LogP contribution in [0, 0.1) is 0 Å². The molecule has 3 heteroatoms. The second-order valence-electron chi connectivity index (χ2n) is 4.95. The Bertz CT molecular complexity index is 335. The van der Waals surface area contributed by atoms with Gasteiger partial charge in [0.25, 0.3) is 0 Å². The monoisotopic (exact) mass is 252 g/mol. The van der Waals surface area contributed by atoms with Gasteiger partial charge in [0.2, 0.25) is 0 Å². The Labute approximate surface area is 109 Å². The van der Waals surface area contributed by atoms with Gasteiger partial charge < -0.3 is 9.88 Å². The maximum Gasteiger partial charge on any atom is 0.0223 e. The predicted octanol–water partition coefficient (Wildman–Crippen LogP) is 3.27. The number of aryl methyl sites for hydroxylation is 1. The van der Waals surface area contributed by atoms with E-state index in [1.165, 1.54) is 31.2 Å². The Morgan fingerprint density at radius 1 is 1.47 bits per heavy atom. The smallest absolute Gasteiger partial charge is 0.0223 e. The van der Waals surface area contributed by atoms with Crippen molar-refractivity contribution in [1.29, 1.82) is 0 Å². The lowest BCUT2D eigenvalue weighted by Crippen LogP contribution is -2.33. The summed E-state index contributed by atoms with van der Waals surface area (Å²) < 4.78 is 2.29. The molecule has 0 spiro atoms. The SMILES string of the molecule is CCCn1ccc(CNC2CCCC2SC)c1. The number of nitrogens with zero attached hydrogens (tertiary/aromatic N) is 1. The van der Waals surface area contributed by atoms with Gasteiger partial charge in [-0.2, -0.15) is 11.8 Å². The van der Waals surface area contributed by atoms with Gasteiger partial charge >= 0.3 is 0 Å². The molecule has 0 saturated heterocycles. The summed E-state index contributed by atoms with van der Waals surface area (Å²) in [6.45, 7) is 4.38. The molecule has 2 nitrogen and oxygen atoms in total. The van der Waals surface area contributed by atoms with E-state index in [0.29, 0.717) is 0 Å². The Hall–Kier alpha value is -0.410. The van der Waals surface area contributed by atoms with Crippen molar-refractivity contribution < 1.29 is 0 Å². The first kappa shape index (κ1) is 13.0. The predicted molar refractivity (Wildman–Crippen MR) is 76.5 cm³/mol. The summed E-state index contributed by atoms with van der Waals surface area (Å²) in [6, 6.07) is 2.96. The van der Waals surface area contributed by atoms with Crippen LogP contribution in [0.4, 0.5) is 0 Å². The first-order valence-corrected chi connectivity index (χ1v) is 8.03. The van der Waals surface area contributed by atoms with E-state index in [4.69, 9.17) is 0 Å². The maximum atomic E-state index is 3.72. The minimum absolute atomic E-state index is 0.722. The van der Waals surface area contributed by atoms with Crippen LogP contribution in [0.2, 0.25) is 0 Å². The highest BCUT2D eigenvalue weighted by Gasteiger charge is 2.25. The van der Waals surface area contributed by atoms with Gasteiger partial charge in [-0.05, 0) is 37.1 Å². The summed E-state index contributed by atoms with van der Waals surface area (Å²) in [7, 11) is 0. The van der Waals surface area contributed by atoms with Crippen molar-refractivity contribution in [2.75, 3.05) is 6.26 Å². The van der Waals surface area contributed by atoms with Crippen molar-refractivity contribution in [3.8, 4) is 0 Å². The molecule has 17 heavy (non-hydrogen) atoms. The van der Waals surface area contributed by atoms with Crippen molar-refractivity contribution in [3.05, 3.63) is 24.0 Å². The van der Waals surface area contributed by atoms with Crippen molar-refractivity contribution in [2.24, 2.45) is 0 Å². The lowest BCUT2D eigenvalue weighted by Gasteiger charge is -2.18. The molecule has 1 aromatic rings. The van der Waals surface area contributed by atoms with E-state index in [-0.39, 0.29) is 0 Å². The summed E-state index contributed by atoms with van der Waals surface area (Å²) >= 11 is 2.02. The average Bonchev–Trinajstić information content (AvgIpc) is 2.95. The van der Waals surface area contributed by atoms with Gasteiger partial charge in [-0.25, -0.2) is 0 Å². The van der Waals surface area contributed by atoms with E-state index in [0.717, 1.165) is 24.4 Å². The van der Waals surface area contributed by atoms with Crippen LogP contribution in [0.25, 0.3) is 0 Å². The van der Waals surface area contributed by atoms with Gasteiger partial charge in [-0.1, -0.05) is 13.3 Å². The van der Waals surface area contributed by atoms with Crippen LogP contribution < -0.4 is 5.32 Å². The number of hydrogen-bond acceptors (Lipinski definition) is 2. The van der Waals surface area contributed by atoms with Gasteiger partial charge in [0.15, 0.2) is 0 Å². The summed E-state index contributed by atoms with van der Waals surface area (Å²) in [5, 5.41) is 4.55. The third kappa shape index (κ3) is 3.52. The topological polar surface area (TPSA) is 17.0 Å². The van der Waals surface area contributed by atoms with Crippen LogP contribution in [0.15, 0.2) is 18.5 Å². The summed E-state index contributed by atoms with van der Waals surface area (Å²) in [5.74, 6) is 0. The molecule has 2 atom stereocenters. The number of aromatic nitrogens is 1. The van der Waals surface area contributed by atoms with Crippen molar-refractivity contribution in [2.45, 2.75) is 57.0 Å². The second kappa shape index (κ2) is 6.50. The lowest BCUT2D eigenvalue weighted by molar-refractivity contribution is 0.531. The van der Waals surface area contributed by atoms with Crippen LogP contribution in [0.1, 0.15) is 38.2 Å². The van der Waals surface area contributed by atoms with E-state index >= 15 is 0 Å². The van der Waals surface area contributed by atoms with Crippen molar-refractivity contribution in [1.82, 2.24) is 9.88 Å². The zero-order valence-electron chi connectivity index (χ0n) is 11.0. The molecular formula is C14H24N2S. The molecule has 96 valence electrons. The first-order chi connectivity index (χ1) is 8.33. The molecule has 0 aromatic carbocycles. The molecule has 2 rings (SSSR count). The zero-order chi connectivity index (χ0) is 12.1. The molecule has 0 radical (unpaired) electrons. The highest BCUT2D eigenvalue weighted by molar-refractivity contribution is 7.99. The molecule has 1 aromatic heterocycles. The van der Waals surface area contributed by atoms with Gasteiger partial charge in [0.05, 0.1) is 0 Å².